The fourth-order valence-corrected chi connectivity index (χ4v) is 5.62. The lowest BCUT2D eigenvalue weighted by atomic mass is 9.98. The molecule has 1 aliphatic carbocycles. The van der Waals surface area contributed by atoms with Gasteiger partial charge in [-0.15, -0.1) is 0 Å². The number of fused-ring (bicyclic) bond motifs is 4. The van der Waals surface area contributed by atoms with Crippen molar-refractivity contribution in [2.45, 2.75) is 31.8 Å². The summed E-state index contributed by atoms with van der Waals surface area (Å²) in [5.74, 6) is -0.217. The summed E-state index contributed by atoms with van der Waals surface area (Å²) >= 11 is 0. The summed E-state index contributed by atoms with van der Waals surface area (Å²) in [6, 6.07) is 21.8. The van der Waals surface area contributed by atoms with Gasteiger partial charge in [0.15, 0.2) is 0 Å². The van der Waals surface area contributed by atoms with Gasteiger partial charge < -0.3 is 24.2 Å². The maximum absolute atomic E-state index is 13.0. The highest BCUT2D eigenvalue weighted by molar-refractivity contribution is 5.99. The van der Waals surface area contributed by atoms with E-state index >= 15 is 0 Å². The van der Waals surface area contributed by atoms with Gasteiger partial charge in [-0.1, -0.05) is 48.5 Å². The quantitative estimate of drug-likeness (QED) is 0.305. The van der Waals surface area contributed by atoms with Crippen molar-refractivity contribution in [2.75, 3.05) is 26.3 Å². The molecule has 40 heavy (non-hydrogen) atoms. The monoisotopic (exact) mass is 538 g/mol. The summed E-state index contributed by atoms with van der Waals surface area (Å²) < 4.78 is 17.0. The first-order valence-electron chi connectivity index (χ1n) is 13.6. The van der Waals surface area contributed by atoms with E-state index in [1.54, 1.807) is 30.0 Å². The van der Waals surface area contributed by atoms with Gasteiger partial charge in [-0.2, -0.15) is 0 Å². The minimum atomic E-state index is -0.624. The highest BCUT2D eigenvalue weighted by Crippen LogP contribution is 2.44. The van der Waals surface area contributed by atoms with Crippen molar-refractivity contribution < 1.29 is 28.9 Å². The fourth-order valence-electron chi connectivity index (χ4n) is 5.62. The van der Waals surface area contributed by atoms with Crippen LogP contribution in [0.15, 0.2) is 72.9 Å². The third kappa shape index (κ3) is 4.81. The molecule has 0 bridgehead atoms. The summed E-state index contributed by atoms with van der Waals surface area (Å²) in [4.78, 5) is 31.1. The third-order valence-electron chi connectivity index (χ3n) is 7.65. The Morgan fingerprint density at radius 1 is 0.950 bits per heavy atom. The molecule has 1 aliphatic heterocycles. The zero-order valence-corrected chi connectivity index (χ0v) is 22.2. The van der Waals surface area contributed by atoms with Crippen molar-refractivity contribution in [1.82, 2.24) is 9.88 Å². The molecule has 8 heteroatoms. The van der Waals surface area contributed by atoms with Gasteiger partial charge in [-0.05, 0) is 47.4 Å². The third-order valence-corrected chi connectivity index (χ3v) is 7.65. The van der Waals surface area contributed by atoms with Crippen LogP contribution in [0.25, 0.3) is 22.0 Å². The Morgan fingerprint density at radius 2 is 1.62 bits per heavy atom. The zero-order chi connectivity index (χ0) is 27.6. The number of benzene rings is 3. The number of aromatic hydroxyl groups is 1. The number of piperidine rings is 1. The molecule has 6 rings (SSSR count). The summed E-state index contributed by atoms with van der Waals surface area (Å²) in [5.41, 5.74) is 5.34. The Hall–Kier alpha value is -4.59. The molecule has 1 amide bonds. The normalized spacial score (nSPS) is 15.0. The lowest BCUT2D eigenvalue weighted by Crippen LogP contribution is -2.42. The number of carbonyl (C=O) groups excluding carboxylic acids is 2. The van der Waals surface area contributed by atoms with Gasteiger partial charge in [0.05, 0.1) is 12.1 Å². The largest absolute Gasteiger partial charge is 0.506 e. The van der Waals surface area contributed by atoms with E-state index in [-0.39, 0.29) is 36.0 Å². The SMILES string of the molecule is CCOC(=O)c1cnc2ccc(OC3CCN(C(=O)OCC4c5ccccc5-c5ccccc54)CC3)cc2c1O. The van der Waals surface area contributed by atoms with E-state index < -0.39 is 5.97 Å². The molecule has 4 aromatic rings. The van der Waals surface area contributed by atoms with Gasteiger partial charge in [0.2, 0.25) is 0 Å². The molecular formula is C32H30N2O6. The fraction of sp³-hybridized carbons (Fsp3) is 0.281. The molecule has 1 N–H and O–H groups in total. The first kappa shape index (κ1) is 25.7. The number of rotatable bonds is 6. The molecule has 1 fully saturated rings. The average Bonchev–Trinajstić information content (AvgIpc) is 3.30. The van der Waals surface area contributed by atoms with Gasteiger partial charge in [0, 0.05) is 43.4 Å². The second kappa shape index (κ2) is 10.9. The Morgan fingerprint density at radius 3 is 2.30 bits per heavy atom. The minimum absolute atomic E-state index is 0.0166. The van der Waals surface area contributed by atoms with Crippen LogP contribution in [0.4, 0.5) is 4.79 Å². The number of likely N-dealkylation sites (tertiary alicyclic amines) is 1. The second-order valence-electron chi connectivity index (χ2n) is 10.0. The maximum Gasteiger partial charge on any atom is 0.409 e. The Balaban J connectivity index is 1.06. The molecule has 8 nitrogen and oxygen atoms in total. The van der Waals surface area contributed by atoms with Crippen molar-refractivity contribution in [3.8, 4) is 22.6 Å². The lowest BCUT2D eigenvalue weighted by Gasteiger charge is -2.32. The van der Waals surface area contributed by atoms with E-state index in [9.17, 15) is 14.7 Å². The van der Waals surface area contributed by atoms with E-state index in [0.29, 0.717) is 49.2 Å². The molecule has 1 aromatic heterocycles. The summed E-state index contributed by atoms with van der Waals surface area (Å²) in [5, 5.41) is 11.1. The number of hydrogen-bond donors (Lipinski definition) is 1. The number of pyridine rings is 1. The second-order valence-corrected chi connectivity index (χ2v) is 10.0. The molecule has 0 unspecified atom stereocenters. The van der Waals surface area contributed by atoms with E-state index in [1.165, 1.54) is 28.5 Å². The van der Waals surface area contributed by atoms with Crippen LogP contribution in [0.1, 0.15) is 47.2 Å². The molecule has 0 atom stereocenters. The molecule has 0 saturated carbocycles. The van der Waals surface area contributed by atoms with Gasteiger partial charge in [0.1, 0.15) is 29.8 Å². The maximum atomic E-state index is 13.0. The number of amides is 1. The van der Waals surface area contributed by atoms with Crippen LogP contribution in [0.3, 0.4) is 0 Å². The average molecular weight is 539 g/mol. The van der Waals surface area contributed by atoms with Crippen LogP contribution in [0, 0.1) is 0 Å². The highest BCUT2D eigenvalue weighted by Gasteiger charge is 2.31. The molecule has 2 heterocycles. The molecule has 0 spiro atoms. The molecular weight excluding hydrogens is 508 g/mol. The van der Waals surface area contributed by atoms with E-state index in [4.69, 9.17) is 14.2 Å². The van der Waals surface area contributed by atoms with Crippen LogP contribution >= 0.6 is 0 Å². The Kier molecular flexibility index (Phi) is 6.99. The molecule has 204 valence electrons. The predicted molar refractivity (Wildman–Crippen MR) is 150 cm³/mol. The van der Waals surface area contributed by atoms with E-state index in [2.05, 4.69) is 29.2 Å². The van der Waals surface area contributed by atoms with E-state index in [1.807, 2.05) is 24.3 Å². The first-order valence-corrected chi connectivity index (χ1v) is 13.6. The lowest BCUT2D eigenvalue weighted by molar-refractivity contribution is 0.0522. The van der Waals surface area contributed by atoms with Crippen molar-refractivity contribution in [2.24, 2.45) is 0 Å². The summed E-state index contributed by atoms with van der Waals surface area (Å²) in [7, 11) is 0. The summed E-state index contributed by atoms with van der Waals surface area (Å²) in [6.07, 6.45) is 2.20. The van der Waals surface area contributed by atoms with Crippen LogP contribution in [-0.2, 0) is 9.47 Å². The van der Waals surface area contributed by atoms with Gasteiger partial charge >= 0.3 is 12.1 Å². The predicted octanol–water partition coefficient (Wildman–Crippen LogP) is 5.91. The van der Waals surface area contributed by atoms with Crippen LogP contribution in [-0.4, -0.2) is 59.5 Å². The number of ether oxygens (including phenoxy) is 3. The molecule has 0 radical (unpaired) electrons. The van der Waals surface area contributed by atoms with Gasteiger partial charge in [-0.25, -0.2) is 9.59 Å². The zero-order valence-electron chi connectivity index (χ0n) is 22.2. The van der Waals surface area contributed by atoms with Crippen LogP contribution in [0.2, 0.25) is 0 Å². The molecule has 1 saturated heterocycles. The number of aromatic nitrogens is 1. The molecule has 3 aromatic carbocycles. The first-order chi connectivity index (χ1) is 19.5. The van der Waals surface area contributed by atoms with Crippen LogP contribution in [0.5, 0.6) is 11.5 Å². The Bertz CT molecular complexity index is 1530. The van der Waals surface area contributed by atoms with Crippen molar-refractivity contribution in [3.63, 3.8) is 0 Å². The number of carbonyl (C=O) groups is 2. The number of esters is 1. The van der Waals surface area contributed by atoms with Crippen molar-refractivity contribution >= 4 is 23.0 Å². The van der Waals surface area contributed by atoms with Crippen molar-refractivity contribution in [3.05, 3.63) is 89.6 Å². The van der Waals surface area contributed by atoms with Gasteiger partial charge in [0.25, 0.3) is 0 Å². The smallest absolute Gasteiger partial charge is 0.409 e. The van der Waals surface area contributed by atoms with E-state index in [0.717, 1.165) is 0 Å². The number of nitrogens with zero attached hydrogens (tertiary/aromatic N) is 2. The van der Waals surface area contributed by atoms with Crippen molar-refractivity contribution in [1.29, 1.82) is 0 Å². The topological polar surface area (TPSA) is 98.2 Å². The van der Waals surface area contributed by atoms with Crippen LogP contribution < -0.4 is 4.74 Å². The Labute approximate surface area is 232 Å². The summed E-state index contributed by atoms with van der Waals surface area (Å²) in [6.45, 7) is 3.25. The highest BCUT2D eigenvalue weighted by atomic mass is 16.6. The number of hydrogen-bond acceptors (Lipinski definition) is 7. The van der Waals surface area contributed by atoms with Gasteiger partial charge in [-0.3, -0.25) is 4.98 Å². The molecule has 2 aliphatic rings. The minimum Gasteiger partial charge on any atom is -0.506 e. The standard InChI is InChI=1S/C32H30N2O6/c1-2-38-31(36)27-18-33-29-12-11-21(17-26(29)30(27)35)40-20-13-15-34(16-14-20)32(37)39-19-28-24-9-5-3-7-22(24)23-8-4-6-10-25(23)28/h3-12,17-18,20,28H,2,13-16,19H2,1H3,(H,33,35).